The number of anilines is 1. The lowest BCUT2D eigenvalue weighted by atomic mass is 10.1. The Balaban J connectivity index is 1.97. The van der Waals surface area contributed by atoms with E-state index >= 15 is 0 Å². The number of H-pyrrole nitrogens is 1. The first kappa shape index (κ1) is 17.4. The molecule has 0 fully saturated rings. The second-order valence-corrected chi connectivity index (χ2v) is 7.92. The number of nitrogens with one attached hydrogen (secondary N) is 2. The van der Waals surface area contributed by atoms with Crippen LogP contribution in [0, 0.1) is 0 Å². The lowest BCUT2D eigenvalue weighted by Gasteiger charge is -2.11. The van der Waals surface area contributed by atoms with Crippen LogP contribution in [0.15, 0.2) is 53.4 Å². The van der Waals surface area contributed by atoms with Crippen LogP contribution in [0.1, 0.15) is 25.6 Å². The number of para-hydroxylation sites is 1. The van der Waals surface area contributed by atoms with Gasteiger partial charge < -0.3 is 0 Å². The monoisotopic (exact) mass is 376 g/mol. The number of aromatic nitrogens is 3. The van der Waals surface area contributed by atoms with Gasteiger partial charge in [0.1, 0.15) is 5.82 Å². The number of nitrogens with zero attached hydrogens (tertiary/aromatic N) is 2. The molecule has 0 spiro atoms. The molecule has 8 heteroatoms. The van der Waals surface area contributed by atoms with E-state index in [1.165, 1.54) is 24.3 Å². The summed E-state index contributed by atoms with van der Waals surface area (Å²) in [6.07, 6.45) is 0. The number of aromatic amines is 1. The quantitative estimate of drug-likeness (QED) is 0.703. The van der Waals surface area contributed by atoms with E-state index < -0.39 is 10.0 Å². The second kappa shape index (κ2) is 6.85. The Kier molecular flexibility index (Phi) is 4.78. The van der Waals surface area contributed by atoms with Gasteiger partial charge in [0.05, 0.1) is 10.6 Å². The number of halogens is 1. The maximum absolute atomic E-state index is 12.6. The number of sulfonamides is 1. The molecule has 0 bridgehead atoms. The van der Waals surface area contributed by atoms with E-state index in [0.717, 1.165) is 5.82 Å². The molecular formula is C17H17ClN4O2S. The van der Waals surface area contributed by atoms with Crippen molar-refractivity contribution in [1.82, 2.24) is 15.2 Å². The molecule has 6 nitrogen and oxygen atoms in total. The molecule has 0 amide bonds. The van der Waals surface area contributed by atoms with Crippen LogP contribution in [0.25, 0.3) is 11.4 Å². The van der Waals surface area contributed by atoms with Crippen LogP contribution in [-0.4, -0.2) is 23.6 Å². The minimum Gasteiger partial charge on any atom is -0.279 e. The van der Waals surface area contributed by atoms with Crippen LogP contribution >= 0.6 is 11.6 Å². The van der Waals surface area contributed by atoms with Crippen LogP contribution < -0.4 is 4.72 Å². The summed E-state index contributed by atoms with van der Waals surface area (Å²) in [6.45, 7) is 4.00. The predicted octanol–water partition coefficient (Wildman–Crippen LogP) is 4.05. The summed E-state index contributed by atoms with van der Waals surface area (Å²) in [5.74, 6) is 1.38. The van der Waals surface area contributed by atoms with Gasteiger partial charge in [0.2, 0.25) is 0 Å². The molecule has 25 heavy (non-hydrogen) atoms. The largest absolute Gasteiger partial charge is 0.279 e. The van der Waals surface area contributed by atoms with Gasteiger partial charge in [0.25, 0.3) is 10.0 Å². The van der Waals surface area contributed by atoms with Crippen LogP contribution in [0.5, 0.6) is 0 Å². The maximum atomic E-state index is 12.6. The van der Waals surface area contributed by atoms with Gasteiger partial charge >= 0.3 is 0 Å². The Hall–Kier alpha value is -2.38. The van der Waals surface area contributed by atoms with Crippen molar-refractivity contribution in [2.45, 2.75) is 24.7 Å². The van der Waals surface area contributed by atoms with Gasteiger partial charge in [0.15, 0.2) is 5.82 Å². The molecule has 0 atom stereocenters. The van der Waals surface area contributed by atoms with Crippen molar-refractivity contribution in [3.63, 3.8) is 0 Å². The van der Waals surface area contributed by atoms with Crippen molar-refractivity contribution in [2.75, 3.05) is 4.72 Å². The number of hydrogen-bond donors (Lipinski definition) is 2. The first-order valence-electron chi connectivity index (χ1n) is 7.67. The Labute approximate surface area is 151 Å². The number of benzene rings is 2. The van der Waals surface area contributed by atoms with Crippen molar-refractivity contribution in [3.8, 4) is 11.4 Å². The van der Waals surface area contributed by atoms with Crippen molar-refractivity contribution >= 4 is 27.3 Å². The summed E-state index contributed by atoms with van der Waals surface area (Å²) in [7, 11) is -3.74. The molecule has 0 aliphatic rings. The van der Waals surface area contributed by atoms with Gasteiger partial charge in [-0.1, -0.05) is 37.6 Å². The standard InChI is InChI=1S/C17H17ClN4O2S/c1-11(2)16-19-17(21-20-16)14-5-3-4-6-15(14)22-25(23,24)13-9-7-12(18)8-10-13/h3-11,22H,1-2H3,(H,19,20,21). The zero-order valence-corrected chi connectivity index (χ0v) is 15.3. The molecule has 3 rings (SSSR count). The highest BCUT2D eigenvalue weighted by Gasteiger charge is 2.18. The van der Waals surface area contributed by atoms with E-state index in [2.05, 4.69) is 19.9 Å². The molecule has 0 unspecified atom stereocenters. The Morgan fingerprint density at radius 1 is 1.08 bits per heavy atom. The summed E-state index contributed by atoms with van der Waals surface area (Å²) in [6, 6.07) is 13.0. The van der Waals surface area contributed by atoms with Crippen LogP contribution in [-0.2, 0) is 10.0 Å². The average Bonchev–Trinajstić information content (AvgIpc) is 3.05. The molecule has 1 heterocycles. The van der Waals surface area contributed by atoms with Crippen LogP contribution in [0.2, 0.25) is 5.02 Å². The average molecular weight is 377 g/mol. The summed E-state index contributed by atoms with van der Waals surface area (Å²) < 4.78 is 27.8. The van der Waals surface area contributed by atoms with Gasteiger partial charge in [-0.15, -0.1) is 0 Å². The molecule has 1 aromatic heterocycles. The van der Waals surface area contributed by atoms with E-state index in [9.17, 15) is 8.42 Å². The highest BCUT2D eigenvalue weighted by Crippen LogP contribution is 2.28. The normalized spacial score (nSPS) is 11.7. The summed E-state index contributed by atoms with van der Waals surface area (Å²) in [4.78, 5) is 4.57. The Morgan fingerprint density at radius 3 is 2.40 bits per heavy atom. The molecule has 0 aliphatic carbocycles. The molecule has 2 aromatic carbocycles. The Morgan fingerprint density at radius 2 is 1.76 bits per heavy atom. The van der Waals surface area contributed by atoms with Crippen LogP contribution in [0.4, 0.5) is 5.69 Å². The molecule has 130 valence electrons. The van der Waals surface area contributed by atoms with Crippen molar-refractivity contribution in [1.29, 1.82) is 0 Å². The van der Waals surface area contributed by atoms with Crippen molar-refractivity contribution < 1.29 is 8.42 Å². The first-order valence-corrected chi connectivity index (χ1v) is 9.53. The molecule has 3 aromatic rings. The molecular weight excluding hydrogens is 360 g/mol. The lowest BCUT2D eigenvalue weighted by Crippen LogP contribution is -2.13. The molecule has 2 N–H and O–H groups in total. The predicted molar refractivity (Wildman–Crippen MR) is 98.2 cm³/mol. The SMILES string of the molecule is CC(C)c1nc(-c2ccccc2NS(=O)(=O)c2ccc(Cl)cc2)n[nH]1. The van der Waals surface area contributed by atoms with Crippen LogP contribution in [0.3, 0.4) is 0 Å². The molecule has 0 aliphatic heterocycles. The summed E-state index contributed by atoms with van der Waals surface area (Å²) in [5, 5.41) is 7.55. The minimum atomic E-state index is -3.74. The Bertz CT molecular complexity index is 982. The fourth-order valence-electron chi connectivity index (χ4n) is 2.24. The topological polar surface area (TPSA) is 87.7 Å². The van der Waals surface area contributed by atoms with Gasteiger partial charge in [0, 0.05) is 16.5 Å². The molecule has 0 saturated carbocycles. The molecule has 0 radical (unpaired) electrons. The van der Waals surface area contributed by atoms with Crippen molar-refractivity contribution in [3.05, 3.63) is 59.4 Å². The van der Waals surface area contributed by atoms with Gasteiger partial charge in [-0.25, -0.2) is 13.4 Å². The fourth-order valence-corrected chi connectivity index (χ4v) is 3.44. The number of rotatable bonds is 5. The van der Waals surface area contributed by atoms with E-state index in [1.54, 1.807) is 24.3 Å². The molecule has 0 saturated heterocycles. The first-order chi connectivity index (χ1) is 11.9. The van der Waals surface area contributed by atoms with E-state index in [1.807, 2.05) is 13.8 Å². The van der Waals surface area contributed by atoms with E-state index in [0.29, 0.717) is 22.1 Å². The van der Waals surface area contributed by atoms with E-state index in [-0.39, 0.29) is 10.8 Å². The highest BCUT2D eigenvalue weighted by molar-refractivity contribution is 7.92. The smallest absolute Gasteiger partial charge is 0.261 e. The fraction of sp³-hybridized carbons (Fsp3) is 0.176. The minimum absolute atomic E-state index is 0.129. The third-order valence-electron chi connectivity index (χ3n) is 3.59. The van der Waals surface area contributed by atoms with E-state index in [4.69, 9.17) is 11.6 Å². The van der Waals surface area contributed by atoms with Gasteiger partial charge in [-0.3, -0.25) is 9.82 Å². The summed E-state index contributed by atoms with van der Waals surface area (Å²) in [5.41, 5.74) is 1.01. The zero-order chi connectivity index (χ0) is 18.0. The summed E-state index contributed by atoms with van der Waals surface area (Å²) >= 11 is 5.82. The third-order valence-corrected chi connectivity index (χ3v) is 5.22. The zero-order valence-electron chi connectivity index (χ0n) is 13.7. The van der Waals surface area contributed by atoms with Gasteiger partial charge in [-0.2, -0.15) is 5.10 Å². The maximum Gasteiger partial charge on any atom is 0.261 e. The second-order valence-electron chi connectivity index (χ2n) is 5.80. The van der Waals surface area contributed by atoms with Gasteiger partial charge in [-0.05, 0) is 36.4 Å². The number of hydrogen-bond acceptors (Lipinski definition) is 4. The third kappa shape index (κ3) is 3.83. The van der Waals surface area contributed by atoms with Crippen molar-refractivity contribution in [2.24, 2.45) is 0 Å². The highest BCUT2D eigenvalue weighted by atomic mass is 35.5. The lowest BCUT2D eigenvalue weighted by molar-refractivity contribution is 0.601.